The van der Waals surface area contributed by atoms with E-state index >= 15 is 0 Å². The van der Waals surface area contributed by atoms with Crippen LogP contribution in [0.4, 0.5) is 0 Å². The predicted molar refractivity (Wildman–Crippen MR) is 101 cm³/mol. The van der Waals surface area contributed by atoms with Gasteiger partial charge in [-0.15, -0.1) is 0 Å². The van der Waals surface area contributed by atoms with Crippen LogP contribution in [0.1, 0.15) is 31.7 Å². The maximum absolute atomic E-state index is 12.8. The third-order valence-electron chi connectivity index (χ3n) is 3.81. The highest BCUT2D eigenvalue weighted by molar-refractivity contribution is 5.80. The SMILES string of the molecule is CCCc1nc2ccccc2c(=O)n1/N=C\c1ccc(OCC)cc1. The monoisotopic (exact) mass is 335 g/mol. The van der Waals surface area contributed by atoms with Crippen molar-refractivity contribution in [3.8, 4) is 5.75 Å². The third kappa shape index (κ3) is 3.76. The van der Waals surface area contributed by atoms with Gasteiger partial charge in [-0.05, 0) is 55.3 Å². The Kier molecular flexibility index (Phi) is 5.23. The van der Waals surface area contributed by atoms with E-state index in [0.29, 0.717) is 29.8 Å². The molecule has 3 rings (SSSR count). The van der Waals surface area contributed by atoms with E-state index in [1.807, 2.05) is 49.4 Å². The molecular weight excluding hydrogens is 314 g/mol. The summed E-state index contributed by atoms with van der Waals surface area (Å²) in [6.45, 7) is 4.64. The summed E-state index contributed by atoms with van der Waals surface area (Å²) in [5.74, 6) is 1.49. The number of hydrogen-bond donors (Lipinski definition) is 0. The maximum Gasteiger partial charge on any atom is 0.282 e. The fourth-order valence-electron chi connectivity index (χ4n) is 2.62. The van der Waals surface area contributed by atoms with E-state index in [9.17, 15) is 4.79 Å². The van der Waals surface area contributed by atoms with Crippen molar-refractivity contribution in [3.63, 3.8) is 0 Å². The van der Waals surface area contributed by atoms with Crippen molar-refractivity contribution in [3.05, 3.63) is 70.3 Å². The summed E-state index contributed by atoms with van der Waals surface area (Å²) in [4.78, 5) is 17.4. The first-order chi connectivity index (χ1) is 12.2. The smallest absolute Gasteiger partial charge is 0.282 e. The second kappa shape index (κ2) is 7.75. The van der Waals surface area contributed by atoms with E-state index in [0.717, 1.165) is 17.7 Å². The molecule has 0 saturated carbocycles. The molecule has 0 aliphatic carbocycles. The molecule has 0 aliphatic rings. The lowest BCUT2D eigenvalue weighted by atomic mass is 10.2. The normalized spacial score (nSPS) is 11.3. The van der Waals surface area contributed by atoms with Crippen molar-refractivity contribution in [2.45, 2.75) is 26.7 Å². The van der Waals surface area contributed by atoms with Gasteiger partial charge in [0.2, 0.25) is 0 Å². The van der Waals surface area contributed by atoms with Crippen LogP contribution in [0.5, 0.6) is 5.75 Å². The van der Waals surface area contributed by atoms with E-state index in [1.54, 1.807) is 12.3 Å². The molecule has 1 aromatic heterocycles. The largest absolute Gasteiger partial charge is 0.494 e. The zero-order chi connectivity index (χ0) is 17.6. The molecule has 0 radical (unpaired) electrons. The molecule has 1 heterocycles. The third-order valence-corrected chi connectivity index (χ3v) is 3.81. The maximum atomic E-state index is 12.8. The van der Waals surface area contributed by atoms with Crippen molar-refractivity contribution in [1.29, 1.82) is 0 Å². The van der Waals surface area contributed by atoms with Gasteiger partial charge in [-0.1, -0.05) is 19.1 Å². The zero-order valence-corrected chi connectivity index (χ0v) is 14.5. The summed E-state index contributed by atoms with van der Waals surface area (Å²) in [5.41, 5.74) is 1.46. The van der Waals surface area contributed by atoms with Crippen LogP contribution in [0.25, 0.3) is 10.9 Å². The quantitative estimate of drug-likeness (QED) is 0.646. The summed E-state index contributed by atoms with van der Waals surface area (Å²) in [5, 5.41) is 4.97. The van der Waals surface area contributed by atoms with Crippen molar-refractivity contribution in [2.24, 2.45) is 5.10 Å². The number of aromatic nitrogens is 2. The van der Waals surface area contributed by atoms with Crippen LogP contribution in [0.2, 0.25) is 0 Å². The molecule has 3 aromatic rings. The Morgan fingerprint density at radius 1 is 1.12 bits per heavy atom. The standard InChI is InChI=1S/C20H21N3O2/c1-3-7-19-22-18-9-6-5-8-17(18)20(24)23(19)21-14-15-10-12-16(13-11-15)25-4-2/h5-6,8-14H,3-4,7H2,1-2H3/b21-14-. The van der Waals surface area contributed by atoms with Crippen molar-refractivity contribution in [1.82, 2.24) is 9.66 Å². The van der Waals surface area contributed by atoms with E-state index in [2.05, 4.69) is 17.0 Å². The lowest BCUT2D eigenvalue weighted by Gasteiger charge is -2.08. The van der Waals surface area contributed by atoms with Crippen LogP contribution in [-0.4, -0.2) is 22.5 Å². The molecule has 0 spiro atoms. The van der Waals surface area contributed by atoms with Gasteiger partial charge in [0.15, 0.2) is 0 Å². The van der Waals surface area contributed by atoms with E-state index in [-0.39, 0.29) is 5.56 Å². The van der Waals surface area contributed by atoms with Crippen LogP contribution in [0, 0.1) is 0 Å². The van der Waals surface area contributed by atoms with Gasteiger partial charge >= 0.3 is 0 Å². The number of rotatable bonds is 6. The van der Waals surface area contributed by atoms with Crippen LogP contribution < -0.4 is 10.3 Å². The molecule has 128 valence electrons. The molecule has 2 aromatic carbocycles. The van der Waals surface area contributed by atoms with Crippen LogP contribution in [0.15, 0.2) is 58.4 Å². The number of ether oxygens (including phenoxy) is 1. The van der Waals surface area contributed by atoms with Crippen molar-refractivity contribution in [2.75, 3.05) is 6.61 Å². The molecule has 0 saturated heterocycles. The highest BCUT2D eigenvalue weighted by atomic mass is 16.5. The molecule has 0 amide bonds. The number of nitrogens with zero attached hydrogens (tertiary/aromatic N) is 3. The topological polar surface area (TPSA) is 56.5 Å². The minimum absolute atomic E-state index is 0.142. The Hall–Kier alpha value is -2.95. The fourth-order valence-corrected chi connectivity index (χ4v) is 2.62. The van der Waals surface area contributed by atoms with Crippen molar-refractivity contribution >= 4 is 17.1 Å². The summed E-state index contributed by atoms with van der Waals surface area (Å²) in [7, 11) is 0. The van der Waals surface area contributed by atoms with Crippen LogP contribution in [-0.2, 0) is 6.42 Å². The van der Waals surface area contributed by atoms with Gasteiger partial charge in [-0.3, -0.25) is 4.79 Å². The first kappa shape index (κ1) is 16.9. The molecule has 0 unspecified atom stereocenters. The molecule has 0 bridgehead atoms. The Labute approximate surface area is 146 Å². The van der Waals surface area contributed by atoms with E-state index < -0.39 is 0 Å². The Bertz CT molecular complexity index is 943. The minimum Gasteiger partial charge on any atom is -0.494 e. The van der Waals surface area contributed by atoms with E-state index in [1.165, 1.54) is 4.68 Å². The summed E-state index contributed by atoms with van der Waals surface area (Å²) in [6, 6.07) is 15.0. The molecule has 0 N–H and O–H groups in total. The number of hydrogen-bond acceptors (Lipinski definition) is 4. The number of para-hydroxylation sites is 1. The highest BCUT2D eigenvalue weighted by Crippen LogP contribution is 2.12. The van der Waals surface area contributed by atoms with Gasteiger partial charge in [0.05, 0.1) is 23.7 Å². The van der Waals surface area contributed by atoms with Crippen molar-refractivity contribution < 1.29 is 4.74 Å². The lowest BCUT2D eigenvalue weighted by molar-refractivity contribution is 0.340. The summed E-state index contributed by atoms with van der Waals surface area (Å²) in [6.07, 6.45) is 3.26. The average molecular weight is 335 g/mol. The molecule has 0 fully saturated rings. The zero-order valence-electron chi connectivity index (χ0n) is 14.5. The Balaban J connectivity index is 2.00. The van der Waals surface area contributed by atoms with Gasteiger partial charge in [0.1, 0.15) is 11.6 Å². The Morgan fingerprint density at radius 2 is 1.88 bits per heavy atom. The summed E-state index contributed by atoms with van der Waals surface area (Å²) < 4.78 is 6.84. The second-order valence-corrected chi connectivity index (χ2v) is 5.66. The molecule has 0 aliphatic heterocycles. The number of benzene rings is 2. The van der Waals surface area contributed by atoms with Gasteiger partial charge in [-0.25, -0.2) is 4.98 Å². The van der Waals surface area contributed by atoms with Crippen LogP contribution in [0.3, 0.4) is 0 Å². The average Bonchev–Trinajstić information content (AvgIpc) is 2.63. The molecule has 5 nitrogen and oxygen atoms in total. The second-order valence-electron chi connectivity index (χ2n) is 5.66. The summed E-state index contributed by atoms with van der Waals surface area (Å²) >= 11 is 0. The molecule has 25 heavy (non-hydrogen) atoms. The van der Waals surface area contributed by atoms with Gasteiger partial charge in [0.25, 0.3) is 5.56 Å². The van der Waals surface area contributed by atoms with E-state index in [4.69, 9.17) is 4.74 Å². The molecular formula is C20H21N3O2. The highest BCUT2D eigenvalue weighted by Gasteiger charge is 2.09. The minimum atomic E-state index is -0.142. The number of aryl methyl sites for hydroxylation is 1. The Morgan fingerprint density at radius 3 is 2.60 bits per heavy atom. The first-order valence-electron chi connectivity index (χ1n) is 8.50. The number of fused-ring (bicyclic) bond motifs is 1. The van der Waals surface area contributed by atoms with Gasteiger partial charge in [0, 0.05) is 6.42 Å². The predicted octanol–water partition coefficient (Wildman–Crippen LogP) is 3.63. The van der Waals surface area contributed by atoms with Gasteiger partial charge < -0.3 is 4.74 Å². The van der Waals surface area contributed by atoms with Gasteiger partial charge in [-0.2, -0.15) is 9.78 Å². The first-order valence-corrected chi connectivity index (χ1v) is 8.50. The van der Waals surface area contributed by atoms with Crippen LogP contribution >= 0.6 is 0 Å². The fraction of sp³-hybridized carbons (Fsp3) is 0.250. The molecule has 0 atom stereocenters. The lowest BCUT2D eigenvalue weighted by Crippen LogP contribution is -2.22. The molecule has 5 heteroatoms.